The van der Waals surface area contributed by atoms with Crippen LogP contribution in [-0.2, 0) is 0 Å². The Labute approximate surface area is 170 Å². The Morgan fingerprint density at radius 2 is 2.10 bits per heavy atom. The van der Waals surface area contributed by atoms with Crippen molar-refractivity contribution in [1.29, 1.82) is 5.26 Å². The number of benzene rings is 2. The highest BCUT2D eigenvalue weighted by Gasteiger charge is 2.14. The first-order valence-corrected chi connectivity index (χ1v) is 8.92. The maximum absolute atomic E-state index is 14.5. The molecular formula is C20H15ClFN5O2. The molecule has 0 saturated carbocycles. The third-order valence-electron chi connectivity index (χ3n) is 3.82. The van der Waals surface area contributed by atoms with E-state index in [1.165, 1.54) is 18.3 Å². The van der Waals surface area contributed by atoms with E-state index in [1.54, 1.807) is 31.2 Å². The van der Waals surface area contributed by atoms with Crippen molar-refractivity contribution in [3.05, 3.63) is 74.8 Å². The van der Waals surface area contributed by atoms with Crippen LogP contribution in [0, 0.1) is 17.1 Å². The van der Waals surface area contributed by atoms with E-state index in [0.717, 1.165) is 0 Å². The molecule has 0 bridgehead atoms. The first-order chi connectivity index (χ1) is 14.0. The van der Waals surface area contributed by atoms with Gasteiger partial charge in [-0.2, -0.15) is 10.4 Å². The number of hydrogen-bond donors (Lipinski definition) is 2. The number of nitrogens with one attached hydrogen (secondary N) is 2. The van der Waals surface area contributed by atoms with E-state index in [-0.39, 0.29) is 40.1 Å². The monoisotopic (exact) mass is 411 g/mol. The van der Waals surface area contributed by atoms with Crippen LogP contribution in [0.3, 0.4) is 0 Å². The fourth-order valence-electron chi connectivity index (χ4n) is 2.52. The van der Waals surface area contributed by atoms with Crippen LogP contribution < -0.4 is 15.7 Å². The number of aromatic amines is 1. The average Bonchev–Trinajstić information content (AvgIpc) is 2.73. The van der Waals surface area contributed by atoms with Gasteiger partial charge in [-0.05, 0) is 19.1 Å². The lowest BCUT2D eigenvalue weighted by Crippen LogP contribution is -2.16. The van der Waals surface area contributed by atoms with Crippen LogP contribution in [-0.4, -0.2) is 22.8 Å². The Kier molecular flexibility index (Phi) is 6.22. The number of hydrazone groups is 1. The smallest absolute Gasteiger partial charge is 0.270 e. The second kappa shape index (κ2) is 8.99. The van der Waals surface area contributed by atoms with Gasteiger partial charge in [0.25, 0.3) is 5.56 Å². The number of nitrogens with zero attached hydrogens (tertiary/aromatic N) is 3. The summed E-state index contributed by atoms with van der Waals surface area (Å²) >= 11 is 5.93. The Morgan fingerprint density at radius 3 is 2.79 bits per heavy atom. The summed E-state index contributed by atoms with van der Waals surface area (Å²) < 4.78 is 19.7. The number of ether oxygens (including phenoxy) is 1. The SMILES string of the molecule is CCOc1c(Cl)ccc(C=NNc2nc(-c3ccccc3)c(C#N)c(=O)[nH]2)c1F. The van der Waals surface area contributed by atoms with Gasteiger partial charge in [0.15, 0.2) is 11.6 Å². The van der Waals surface area contributed by atoms with E-state index in [0.29, 0.717) is 5.56 Å². The zero-order valence-corrected chi connectivity index (χ0v) is 16.0. The molecule has 0 radical (unpaired) electrons. The van der Waals surface area contributed by atoms with Crippen LogP contribution in [0.15, 0.2) is 52.4 Å². The van der Waals surface area contributed by atoms with Crippen LogP contribution in [0.2, 0.25) is 5.02 Å². The Balaban J connectivity index is 1.91. The Hall–Kier alpha value is -3.70. The second-order valence-corrected chi connectivity index (χ2v) is 6.11. The molecule has 7 nitrogen and oxygen atoms in total. The minimum Gasteiger partial charge on any atom is -0.489 e. The lowest BCUT2D eigenvalue weighted by Gasteiger charge is -2.08. The third kappa shape index (κ3) is 4.42. The third-order valence-corrected chi connectivity index (χ3v) is 4.12. The van der Waals surface area contributed by atoms with Crippen molar-refractivity contribution in [2.75, 3.05) is 12.0 Å². The molecule has 2 aromatic carbocycles. The van der Waals surface area contributed by atoms with Crippen molar-refractivity contribution in [3.8, 4) is 23.1 Å². The largest absolute Gasteiger partial charge is 0.489 e. The molecule has 0 saturated heterocycles. The van der Waals surface area contributed by atoms with Crippen molar-refractivity contribution < 1.29 is 9.13 Å². The number of H-pyrrole nitrogens is 1. The summed E-state index contributed by atoms with van der Waals surface area (Å²) in [6.07, 6.45) is 1.20. The van der Waals surface area contributed by atoms with Crippen molar-refractivity contribution in [2.24, 2.45) is 5.10 Å². The van der Waals surface area contributed by atoms with Crippen molar-refractivity contribution in [1.82, 2.24) is 9.97 Å². The van der Waals surface area contributed by atoms with E-state index in [4.69, 9.17) is 16.3 Å². The molecule has 0 aliphatic carbocycles. The summed E-state index contributed by atoms with van der Waals surface area (Å²) in [4.78, 5) is 18.9. The van der Waals surface area contributed by atoms with E-state index in [9.17, 15) is 14.4 Å². The maximum atomic E-state index is 14.5. The molecule has 0 unspecified atom stereocenters. The summed E-state index contributed by atoms with van der Waals surface area (Å²) in [5.74, 6) is -0.714. The summed E-state index contributed by atoms with van der Waals surface area (Å²) in [6, 6.07) is 13.6. The summed E-state index contributed by atoms with van der Waals surface area (Å²) in [5, 5.41) is 13.3. The Morgan fingerprint density at radius 1 is 1.34 bits per heavy atom. The standard InChI is InChI=1S/C20H15ClFN5O2/c1-2-29-18-15(21)9-8-13(16(18)22)11-24-27-20-25-17(12-6-4-3-5-7-12)14(10-23)19(28)26-20/h3-9,11H,2H2,1H3,(H2,25,26,27,28). The lowest BCUT2D eigenvalue weighted by molar-refractivity contribution is 0.321. The van der Waals surface area contributed by atoms with Crippen molar-refractivity contribution in [3.63, 3.8) is 0 Å². The maximum Gasteiger partial charge on any atom is 0.270 e. The Bertz CT molecular complexity index is 1160. The molecule has 0 amide bonds. The van der Waals surface area contributed by atoms with E-state index >= 15 is 0 Å². The summed E-state index contributed by atoms with van der Waals surface area (Å²) in [6.45, 7) is 1.98. The van der Waals surface area contributed by atoms with Gasteiger partial charge in [0.1, 0.15) is 11.6 Å². The number of hydrogen-bond acceptors (Lipinski definition) is 6. The van der Waals surface area contributed by atoms with Crippen LogP contribution in [0.25, 0.3) is 11.3 Å². The minimum atomic E-state index is -0.656. The minimum absolute atomic E-state index is 0.00325. The predicted octanol–water partition coefficient (Wildman–Crippen LogP) is 3.95. The van der Waals surface area contributed by atoms with Gasteiger partial charge in [-0.1, -0.05) is 41.9 Å². The quantitative estimate of drug-likeness (QED) is 0.472. The molecule has 3 aromatic rings. The average molecular weight is 412 g/mol. The van der Waals surface area contributed by atoms with Gasteiger partial charge in [-0.25, -0.2) is 14.8 Å². The fraction of sp³-hybridized carbons (Fsp3) is 0.100. The van der Waals surface area contributed by atoms with Crippen molar-refractivity contribution in [2.45, 2.75) is 6.92 Å². The first-order valence-electron chi connectivity index (χ1n) is 8.54. The molecule has 29 heavy (non-hydrogen) atoms. The molecule has 2 N–H and O–H groups in total. The predicted molar refractivity (Wildman–Crippen MR) is 109 cm³/mol. The van der Waals surface area contributed by atoms with Gasteiger partial charge < -0.3 is 4.74 Å². The van der Waals surface area contributed by atoms with Crippen LogP contribution >= 0.6 is 11.6 Å². The van der Waals surface area contributed by atoms with Gasteiger partial charge in [-0.3, -0.25) is 9.78 Å². The van der Waals surface area contributed by atoms with Gasteiger partial charge in [0.2, 0.25) is 5.95 Å². The highest BCUT2D eigenvalue weighted by molar-refractivity contribution is 6.32. The normalized spacial score (nSPS) is 10.7. The number of rotatable bonds is 6. The summed E-state index contributed by atoms with van der Waals surface area (Å²) in [5.41, 5.74) is 2.76. The number of anilines is 1. The highest BCUT2D eigenvalue weighted by atomic mass is 35.5. The van der Waals surface area contributed by atoms with Gasteiger partial charge in [0.05, 0.1) is 23.5 Å². The number of halogens is 2. The molecule has 0 atom stereocenters. The lowest BCUT2D eigenvalue weighted by atomic mass is 10.1. The van der Waals surface area contributed by atoms with Crippen LogP contribution in [0.5, 0.6) is 5.75 Å². The molecule has 0 spiro atoms. The second-order valence-electron chi connectivity index (χ2n) is 5.70. The molecule has 0 fully saturated rings. The summed E-state index contributed by atoms with van der Waals surface area (Å²) in [7, 11) is 0. The molecular weight excluding hydrogens is 397 g/mol. The molecule has 1 heterocycles. The van der Waals surface area contributed by atoms with E-state index in [2.05, 4.69) is 20.5 Å². The van der Waals surface area contributed by atoms with E-state index in [1.807, 2.05) is 12.1 Å². The first kappa shape index (κ1) is 20.0. The molecule has 0 aliphatic heterocycles. The highest BCUT2D eigenvalue weighted by Crippen LogP contribution is 2.29. The van der Waals surface area contributed by atoms with Gasteiger partial charge in [0, 0.05) is 11.1 Å². The topological polar surface area (TPSA) is 103 Å². The molecule has 146 valence electrons. The molecule has 3 rings (SSSR count). The number of nitriles is 1. The van der Waals surface area contributed by atoms with E-state index < -0.39 is 11.4 Å². The molecule has 9 heteroatoms. The van der Waals surface area contributed by atoms with Crippen LogP contribution in [0.1, 0.15) is 18.1 Å². The van der Waals surface area contributed by atoms with Gasteiger partial charge >= 0.3 is 0 Å². The van der Waals surface area contributed by atoms with Crippen LogP contribution in [0.4, 0.5) is 10.3 Å². The molecule has 1 aromatic heterocycles. The zero-order chi connectivity index (χ0) is 20.8. The van der Waals surface area contributed by atoms with Crippen molar-refractivity contribution >= 4 is 23.8 Å². The van der Waals surface area contributed by atoms with Gasteiger partial charge in [-0.15, -0.1) is 0 Å². The number of aromatic nitrogens is 2. The fourth-order valence-corrected chi connectivity index (χ4v) is 2.72. The molecule has 0 aliphatic rings. The zero-order valence-electron chi connectivity index (χ0n) is 15.2.